The number of carboxylic acids is 1. The Morgan fingerprint density at radius 3 is 2.26 bits per heavy atom. The molecule has 24 heteroatoms. The van der Waals surface area contributed by atoms with Crippen LogP contribution in [0.25, 0.3) is 10.9 Å². The van der Waals surface area contributed by atoms with Gasteiger partial charge in [-0.15, -0.1) is 11.8 Å². The molecule has 6 rings (SSSR count). The molecule has 1 amide bonds. The van der Waals surface area contributed by atoms with Crippen molar-refractivity contribution in [1.29, 1.82) is 0 Å². The summed E-state index contributed by atoms with van der Waals surface area (Å²) >= 11 is 1.42. The number of cyclic esters (lactones) is 1. The van der Waals surface area contributed by atoms with Gasteiger partial charge < -0.3 is 82.9 Å². The van der Waals surface area contributed by atoms with Crippen LogP contribution in [0.5, 0.6) is 0 Å². The zero-order valence-electron chi connectivity index (χ0n) is 49.0. The summed E-state index contributed by atoms with van der Waals surface area (Å²) < 4.78 is 57.9. The number of pyridine rings is 1. The van der Waals surface area contributed by atoms with Gasteiger partial charge in [-0.1, -0.05) is 32.9 Å². The second-order valence-corrected chi connectivity index (χ2v) is 25.0. The molecular formula is C56H88N4O19S. The molecule has 3 fully saturated rings. The van der Waals surface area contributed by atoms with Gasteiger partial charge in [0.2, 0.25) is 5.43 Å². The lowest BCUT2D eigenvalue weighted by Gasteiger charge is -2.49. The number of aliphatic hydroxyl groups excluding tert-OH is 2. The minimum Gasteiger partial charge on any atom is -0.477 e. The Labute approximate surface area is 472 Å². The van der Waals surface area contributed by atoms with Gasteiger partial charge >= 0.3 is 18.0 Å². The molecule has 2 unspecified atom stereocenters. The highest BCUT2D eigenvalue weighted by Crippen LogP contribution is 2.43. The van der Waals surface area contributed by atoms with Gasteiger partial charge in [0.25, 0.3) is 0 Å². The maximum atomic E-state index is 14.5. The predicted molar refractivity (Wildman–Crippen MR) is 294 cm³/mol. The van der Waals surface area contributed by atoms with E-state index in [9.17, 15) is 49.6 Å². The van der Waals surface area contributed by atoms with E-state index in [4.69, 9.17) is 42.6 Å². The minimum absolute atomic E-state index is 0.0351. The van der Waals surface area contributed by atoms with E-state index < -0.39 is 131 Å². The maximum Gasteiger partial charge on any atom is 0.407 e. The summed E-state index contributed by atoms with van der Waals surface area (Å²) in [6.45, 7) is 20.7. The number of aromatic nitrogens is 1. The molecule has 452 valence electrons. The third-order valence-corrected chi connectivity index (χ3v) is 17.9. The number of carbonyl (C=O) groups excluding carboxylic acids is 2. The molecule has 23 nitrogen and oxygen atoms in total. The Morgan fingerprint density at radius 2 is 1.64 bits per heavy atom. The number of benzene rings is 1. The number of aliphatic hydroxyl groups is 4. The van der Waals surface area contributed by atoms with Crippen LogP contribution >= 0.6 is 11.8 Å². The SMILES string of the molecule is CC[C@H]1OC(=O)[C@H](C)[C@@H](O[C@H]2C[C@@](C)(OC)[C@@H](OC(=O)NCCOCCSc3cc4c5c(c3)c(=O)c(C(=O)O)cn5C(C)(C)OC4)[C@H](C)O2)[C@H](C)[C@@H](OC2O[C@H](C)C[C@H](N(C)C)[C@H]2O)[C@](C)(O)C[C@@H](C)C(N=O)[C@H](C)[C@@H](O)[C@]1(C)O. The largest absolute Gasteiger partial charge is 0.477 e. The lowest BCUT2D eigenvalue weighted by Crippen LogP contribution is -2.61. The first-order valence-corrected chi connectivity index (χ1v) is 28.7. The zero-order valence-corrected chi connectivity index (χ0v) is 49.9. The number of nitrogens with zero attached hydrogens (tertiary/aromatic N) is 3. The number of aromatic carboxylic acids is 1. The second kappa shape index (κ2) is 26.4. The van der Waals surface area contributed by atoms with Crippen LogP contribution in [-0.2, 0) is 59.8 Å². The van der Waals surface area contributed by atoms with E-state index in [0.717, 1.165) is 10.5 Å². The fourth-order valence-electron chi connectivity index (χ4n) is 12.3. The van der Waals surface area contributed by atoms with Crippen LogP contribution in [0.4, 0.5) is 4.79 Å². The molecule has 2 aromatic rings. The van der Waals surface area contributed by atoms with Crippen molar-refractivity contribution in [3.8, 4) is 0 Å². The van der Waals surface area contributed by atoms with Crippen LogP contribution in [0.3, 0.4) is 0 Å². The average molecular weight is 1150 g/mol. The van der Waals surface area contributed by atoms with Crippen LogP contribution in [0.2, 0.25) is 0 Å². The summed E-state index contributed by atoms with van der Waals surface area (Å²) in [5.74, 6) is -5.46. The third kappa shape index (κ3) is 14.2. The number of amides is 1. The average Bonchev–Trinajstić information content (AvgIpc) is 3.38. The number of rotatable bonds is 17. The molecule has 0 radical (unpaired) electrons. The molecule has 0 spiro atoms. The van der Waals surface area contributed by atoms with Crippen LogP contribution < -0.4 is 10.7 Å². The van der Waals surface area contributed by atoms with Crippen molar-refractivity contribution >= 4 is 40.7 Å². The Morgan fingerprint density at radius 1 is 0.950 bits per heavy atom. The van der Waals surface area contributed by atoms with Gasteiger partial charge in [-0.25, -0.2) is 9.59 Å². The topological polar surface area (TPSA) is 302 Å². The number of alkyl carbamates (subject to hydrolysis) is 1. The molecule has 0 bridgehead atoms. The quantitative estimate of drug-likeness (QED) is 0.0518. The van der Waals surface area contributed by atoms with Crippen molar-refractivity contribution in [2.24, 2.45) is 28.8 Å². The summed E-state index contributed by atoms with van der Waals surface area (Å²) in [6, 6.07) is 2.09. The van der Waals surface area contributed by atoms with Gasteiger partial charge in [0.15, 0.2) is 18.7 Å². The van der Waals surface area contributed by atoms with Gasteiger partial charge in [-0.3, -0.25) is 9.59 Å². The van der Waals surface area contributed by atoms with Gasteiger partial charge in [-0.05, 0) is 107 Å². The van der Waals surface area contributed by atoms with Crippen molar-refractivity contribution < 1.29 is 82.5 Å². The molecule has 6 N–H and O–H groups in total. The lowest BCUT2D eigenvalue weighted by atomic mass is 9.72. The van der Waals surface area contributed by atoms with E-state index in [-0.39, 0.29) is 63.3 Å². The number of nitrogens with one attached hydrogen (secondary N) is 1. The van der Waals surface area contributed by atoms with Crippen molar-refractivity contribution in [3.63, 3.8) is 0 Å². The molecule has 80 heavy (non-hydrogen) atoms. The Balaban J connectivity index is 1.16. The maximum absolute atomic E-state index is 14.5. The van der Waals surface area contributed by atoms with Gasteiger partial charge in [0, 0.05) is 65.7 Å². The van der Waals surface area contributed by atoms with E-state index >= 15 is 0 Å². The summed E-state index contributed by atoms with van der Waals surface area (Å²) in [5.41, 5.74) is -5.52. The van der Waals surface area contributed by atoms with E-state index in [2.05, 4.69) is 10.5 Å². The standard InChI is InChI=1S/C56H88N4O19S/c1-16-39-56(12,69)46(63)30(4)41(58-70)28(2)24-54(10,68)47(78-51-44(62)38(59(13)14)21-29(3)74-51)31(5)45(32(6)50(66)76-39)77-40-25-55(11,71-15)48(33(7)75-40)79-52(67)57-17-18-72-19-20-80-35-22-34-27-73-53(8,9)60-26-37(49(64)65)43(61)36(23-35)42(34)60/h22-23,26,28-33,38-41,44-48,51,62-63,68-69H,16-21,24-25,27H2,1-15H3,(H,57,67)(H,64,65)/t28-,29-,30+,31+,32-,33+,38+,39-,40+,41?,44-,45+,46-,47-,48+,51?,54-,55-,56-/m1/s1. The zero-order chi connectivity index (χ0) is 59.6. The number of carboxylic acid groups (broad SMARTS) is 1. The van der Waals surface area contributed by atoms with E-state index in [1.54, 1.807) is 59.1 Å². The van der Waals surface area contributed by atoms with Crippen molar-refractivity contribution in [2.75, 3.05) is 46.7 Å². The molecule has 1 aromatic carbocycles. The highest BCUT2D eigenvalue weighted by atomic mass is 32.2. The summed E-state index contributed by atoms with van der Waals surface area (Å²) in [4.78, 5) is 68.4. The van der Waals surface area contributed by atoms with Gasteiger partial charge in [0.1, 0.15) is 34.7 Å². The predicted octanol–water partition coefficient (Wildman–Crippen LogP) is 5.13. The van der Waals surface area contributed by atoms with Crippen molar-refractivity contribution in [1.82, 2.24) is 14.8 Å². The fourth-order valence-corrected chi connectivity index (χ4v) is 13.2. The molecule has 4 aliphatic heterocycles. The number of hydrogen-bond donors (Lipinski definition) is 6. The number of ether oxygens (including phenoxy) is 9. The number of methoxy groups -OCH3 is 1. The monoisotopic (exact) mass is 1150 g/mol. The van der Waals surface area contributed by atoms with E-state index in [0.29, 0.717) is 23.1 Å². The highest BCUT2D eigenvalue weighted by Gasteiger charge is 2.55. The number of thioether (sulfide) groups is 1. The highest BCUT2D eigenvalue weighted by molar-refractivity contribution is 7.99. The summed E-state index contributed by atoms with van der Waals surface area (Å²) in [5, 5.41) is 64.2. The Bertz CT molecular complexity index is 2550. The minimum atomic E-state index is -2.05. The summed E-state index contributed by atoms with van der Waals surface area (Å²) in [6.07, 6.45) is -10.2. The molecule has 0 saturated carbocycles. The normalized spacial score (nSPS) is 38.1. The molecule has 4 aliphatic rings. The van der Waals surface area contributed by atoms with Crippen LogP contribution in [-0.4, -0.2) is 190 Å². The number of esters is 1. The van der Waals surface area contributed by atoms with Crippen LogP contribution in [0, 0.1) is 28.6 Å². The second-order valence-electron chi connectivity index (χ2n) is 23.8. The fraction of sp³-hybridized carbons (Fsp3) is 0.786. The number of hydrogen-bond acceptors (Lipinski definition) is 21. The van der Waals surface area contributed by atoms with Gasteiger partial charge in [-0.2, -0.15) is 4.91 Å². The van der Waals surface area contributed by atoms with Crippen molar-refractivity contribution in [2.45, 2.75) is 216 Å². The number of nitroso groups, excluding NO2 is 1. The first-order chi connectivity index (χ1) is 37.3. The molecule has 1 aromatic heterocycles. The van der Waals surface area contributed by atoms with Gasteiger partial charge in [0.05, 0.1) is 73.4 Å². The first kappa shape index (κ1) is 65.3. The van der Waals surface area contributed by atoms with Crippen molar-refractivity contribution in [3.05, 3.63) is 44.6 Å². The smallest absolute Gasteiger partial charge is 0.407 e. The third-order valence-electron chi connectivity index (χ3n) is 16.9. The molecule has 5 heterocycles. The number of likely N-dealkylation sites (N-methyl/N-ethyl adjacent to an activating group) is 1. The summed E-state index contributed by atoms with van der Waals surface area (Å²) in [7, 11) is 5.12. The van der Waals surface area contributed by atoms with E-state index in [1.165, 1.54) is 38.9 Å². The van der Waals surface area contributed by atoms with Crippen LogP contribution in [0.15, 0.2) is 33.2 Å². The molecule has 0 aliphatic carbocycles. The molecular weight excluding hydrogens is 1060 g/mol. The Kier molecular flexibility index (Phi) is 21.5. The first-order valence-electron chi connectivity index (χ1n) is 27.8. The molecule has 19 atom stereocenters. The number of carbonyl (C=O) groups is 3. The molecule has 3 saturated heterocycles. The van der Waals surface area contributed by atoms with Crippen LogP contribution in [0.1, 0.15) is 125 Å². The van der Waals surface area contributed by atoms with E-state index in [1.807, 2.05) is 45.8 Å². The Hall–Kier alpha value is -3.89. The lowest BCUT2D eigenvalue weighted by molar-refractivity contribution is -0.318.